The maximum absolute atomic E-state index is 13.3. The molecule has 0 radical (unpaired) electrons. The molecule has 0 saturated carbocycles. The van der Waals surface area contributed by atoms with Crippen LogP contribution < -0.4 is 14.4 Å². The summed E-state index contributed by atoms with van der Waals surface area (Å²) in [4.78, 5) is 12.3. The normalized spacial score (nSPS) is 13.4. The molecule has 1 N–H and O–H groups in total. The van der Waals surface area contributed by atoms with Crippen LogP contribution in [0.4, 0.5) is 11.4 Å². The van der Waals surface area contributed by atoms with Crippen LogP contribution in [0.1, 0.15) is 12.0 Å². The van der Waals surface area contributed by atoms with Crippen molar-refractivity contribution in [3.63, 3.8) is 0 Å². The van der Waals surface area contributed by atoms with E-state index in [2.05, 4.69) is 5.32 Å². The number of sulfonamides is 1. The Kier molecular flexibility index (Phi) is 7.05. The van der Waals surface area contributed by atoms with E-state index in [1.54, 1.807) is 24.3 Å². The van der Waals surface area contributed by atoms with Crippen LogP contribution in [0.3, 0.4) is 0 Å². The zero-order valence-corrected chi connectivity index (χ0v) is 20.3. The number of amides is 1. The van der Waals surface area contributed by atoms with Crippen molar-refractivity contribution in [3.8, 4) is 5.75 Å². The van der Waals surface area contributed by atoms with Crippen LogP contribution in [0.25, 0.3) is 0 Å². The third kappa shape index (κ3) is 5.06. The number of fused-ring (bicyclic) bond motifs is 1. The zero-order chi connectivity index (χ0) is 23.6. The summed E-state index contributed by atoms with van der Waals surface area (Å²) in [5.41, 5.74) is 2.02. The van der Waals surface area contributed by atoms with E-state index in [4.69, 9.17) is 39.5 Å². The highest BCUT2D eigenvalue weighted by Gasteiger charge is 2.29. The number of nitrogens with zero attached hydrogens (tertiary/aromatic N) is 1. The molecule has 0 bridgehead atoms. The first-order chi connectivity index (χ1) is 15.8. The summed E-state index contributed by atoms with van der Waals surface area (Å²) in [6.45, 7) is 0.0373. The number of hydrogen-bond acceptors (Lipinski definition) is 4. The van der Waals surface area contributed by atoms with Gasteiger partial charge in [-0.1, -0.05) is 59.1 Å². The molecule has 0 aromatic heterocycles. The molecular formula is C23H19Cl3N2O4S. The molecule has 10 heteroatoms. The maximum atomic E-state index is 13.3. The van der Waals surface area contributed by atoms with Gasteiger partial charge in [0.15, 0.2) is 6.61 Å². The molecule has 3 aromatic carbocycles. The zero-order valence-electron chi connectivity index (χ0n) is 17.2. The van der Waals surface area contributed by atoms with Gasteiger partial charge < -0.3 is 10.1 Å². The molecule has 0 saturated heterocycles. The molecule has 1 aliphatic rings. The third-order valence-electron chi connectivity index (χ3n) is 5.14. The first-order valence-corrected chi connectivity index (χ1v) is 12.6. The first kappa shape index (κ1) is 23.7. The molecule has 6 nitrogen and oxygen atoms in total. The van der Waals surface area contributed by atoms with E-state index >= 15 is 0 Å². The molecule has 0 unspecified atom stereocenters. The number of ether oxygens (including phenoxy) is 1. The van der Waals surface area contributed by atoms with E-state index < -0.39 is 15.9 Å². The number of benzene rings is 3. The van der Waals surface area contributed by atoms with E-state index in [-0.39, 0.29) is 27.3 Å². The SMILES string of the molecule is O=C(COc1ccc(S(=O)(=O)N2CCCc3ccccc32)cc1Cl)Nc1cccc(Cl)c1Cl. The van der Waals surface area contributed by atoms with E-state index in [0.717, 1.165) is 18.4 Å². The van der Waals surface area contributed by atoms with Crippen molar-refractivity contribution in [3.05, 3.63) is 81.3 Å². The van der Waals surface area contributed by atoms with Crippen molar-refractivity contribution >= 4 is 62.1 Å². The van der Waals surface area contributed by atoms with Gasteiger partial charge in [0.25, 0.3) is 15.9 Å². The molecule has 0 atom stereocenters. The van der Waals surface area contributed by atoms with Gasteiger partial charge >= 0.3 is 0 Å². The highest BCUT2D eigenvalue weighted by atomic mass is 35.5. The second kappa shape index (κ2) is 9.81. The quantitative estimate of drug-likeness (QED) is 0.441. The summed E-state index contributed by atoms with van der Waals surface area (Å²) in [6.07, 6.45) is 1.56. The summed E-state index contributed by atoms with van der Waals surface area (Å²) in [5.74, 6) is -0.293. The van der Waals surface area contributed by atoms with Gasteiger partial charge in [-0.3, -0.25) is 9.10 Å². The topological polar surface area (TPSA) is 75.7 Å². The standard InChI is InChI=1S/C23H19Cl3N2O4S/c24-17-7-3-8-19(23(17)26)27-22(29)14-32-21-11-10-16(13-18(21)25)33(30,31)28-12-4-6-15-5-1-2-9-20(15)28/h1-3,5,7-11,13H,4,6,12,14H2,(H,27,29). The molecule has 33 heavy (non-hydrogen) atoms. The van der Waals surface area contributed by atoms with Gasteiger partial charge in [0.05, 0.1) is 31.3 Å². The van der Waals surface area contributed by atoms with Crippen LogP contribution in [0, 0.1) is 0 Å². The van der Waals surface area contributed by atoms with Crippen LogP contribution in [-0.2, 0) is 21.2 Å². The van der Waals surface area contributed by atoms with Gasteiger partial charge in [-0.2, -0.15) is 0 Å². The highest BCUT2D eigenvalue weighted by Crippen LogP contribution is 2.34. The molecule has 3 aromatic rings. The van der Waals surface area contributed by atoms with Crippen LogP contribution in [0.5, 0.6) is 5.75 Å². The number of halogens is 3. The molecular weight excluding hydrogens is 507 g/mol. The van der Waals surface area contributed by atoms with Gasteiger partial charge in [-0.15, -0.1) is 0 Å². The van der Waals surface area contributed by atoms with Gasteiger partial charge in [-0.05, 0) is 54.8 Å². The number of para-hydroxylation sites is 1. The van der Waals surface area contributed by atoms with Crippen molar-refractivity contribution in [2.75, 3.05) is 22.8 Å². The minimum Gasteiger partial charge on any atom is -0.482 e. The Morgan fingerprint density at radius 3 is 2.58 bits per heavy atom. The number of hydrogen-bond donors (Lipinski definition) is 1. The number of carbonyl (C=O) groups excluding carboxylic acids is 1. The average Bonchev–Trinajstić information content (AvgIpc) is 2.80. The monoisotopic (exact) mass is 524 g/mol. The van der Waals surface area contributed by atoms with E-state index in [0.29, 0.717) is 22.9 Å². The van der Waals surface area contributed by atoms with E-state index in [1.165, 1.54) is 22.5 Å². The van der Waals surface area contributed by atoms with Crippen LogP contribution >= 0.6 is 34.8 Å². The Morgan fingerprint density at radius 1 is 1.00 bits per heavy atom. The fourth-order valence-electron chi connectivity index (χ4n) is 3.56. The average molecular weight is 526 g/mol. The van der Waals surface area contributed by atoms with Crippen molar-refractivity contribution < 1.29 is 17.9 Å². The third-order valence-corrected chi connectivity index (χ3v) is 8.07. The summed E-state index contributed by atoms with van der Waals surface area (Å²) < 4.78 is 33.4. The summed E-state index contributed by atoms with van der Waals surface area (Å²) in [7, 11) is -3.81. The van der Waals surface area contributed by atoms with Crippen molar-refractivity contribution in [2.45, 2.75) is 17.7 Å². The van der Waals surface area contributed by atoms with Gasteiger partial charge in [0.1, 0.15) is 5.75 Å². The highest BCUT2D eigenvalue weighted by molar-refractivity contribution is 7.92. The number of rotatable bonds is 6. The Bertz CT molecular complexity index is 1310. The molecule has 1 aliphatic heterocycles. The smallest absolute Gasteiger partial charge is 0.264 e. The lowest BCUT2D eigenvalue weighted by atomic mass is 10.0. The summed E-state index contributed by atoms with van der Waals surface area (Å²) in [6, 6.07) is 16.5. The van der Waals surface area contributed by atoms with Crippen molar-refractivity contribution in [2.24, 2.45) is 0 Å². The molecule has 0 spiro atoms. The van der Waals surface area contributed by atoms with Crippen LogP contribution in [0.15, 0.2) is 65.6 Å². The Hall–Kier alpha value is -2.45. The molecule has 1 amide bonds. The number of anilines is 2. The molecule has 172 valence electrons. The van der Waals surface area contributed by atoms with Crippen LogP contribution in [0.2, 0.25) is 15.1 Å². The second-order valence-electron chi connectivity index (χ2n) is 7.34. The summed E-state index contributed by atoms with van der Waals surface area (Å²) in [5, 5.41) is 3.21. The molecule has 1 heterocycles. The Labute approximate surface area is 207 Å². The predicted octanol–water partition coefficient (Wildman–Crippen LogP) is 5.81. The van der Waals surface area contributed by atoms with E-state index in [9.17, 15) is 13.2 Å². The van der Waals surface area contributed by atoms with E-state index in [1.807, 2.05) is 18.2 Å². The van der Waals surface area contributed by atoms with Crippen molar-refractivity contribution in [1.82, 2.24) is 0 Å². The van der Waals surface area contributed by atoms with Crippen LogP contribution in [-0.4, -0.2) is 27.5 Å². The predicted molar refractivity (Wildman–Crippen MR) is 131 cm³/mol. The minimum atomic E-state index is -3.81. The minimum absolute atomic E-state index is 0.0479. The van der Waals surface area contributed by atoms with Gasteiger partial charge in [-0.25, -0.2) is 8.42 Å². The molecule has 0 aliphatic carbocycles. The Morgan fingerprint density at radius 2 is 1.79 bits per heavy atom. The maximum Gasteiger partial charge on any atom is 0.264 e. The number of nitrogens with one attached hydrogen (secondary N) is 1. The molecule has 4 rings (SSSR count). The Balaban J connectivity index is 1.47. The van der Waals surface area contributed by atoms with Crippen molar-refractivity contribution in [1.29, 1.82) is 0 Å². The molecule has 0 fully saturated rings. The second-order valence-corrected chi connectivity index (χ2v) is 10.4. The van der Waals surface area contributed by atoms with Gasteiger partial charge in [0, 0.05) is 6.54 Å². The number of carbonyl (C=O) groups is 1. The lowest BCUT2D eigenvalue weighted by molar-refractivity contribution is -0.118. The van der Waals surface area contributed by atoms with Gasteiger partial charge in [0.2, 0.25) is 0 Å². The lowest BCUT2D eigenvalue weighted by Gasteiger charge is -2.30. The summed E-state index contributed by atoms with van der Waals surface area (Å²) >= 11 is 18.3. The lowest BCUT2D eigenvalue weighted by Crippen LogP contribution is -2.35. The fraction of sp³-hybridized carbons (Fsp3) is 0.174. The fourth-order valence-corrected chi connectivity index (χ4v) is 5.78. The number of aryl methyl sites for hydroxylation is 1. The largest absolute Gasteiger partial charge is 0.482 e. The first-order valence-electron chi connectivity index (χ1n) is 10.0.